The zero-order valence-corrected chi connectivity index (χ0v) is 8.41. The first kappa shape index (κ1) is 9.69. The second-order valence-corrected chi connectivity index (χ2v) is 3.82. The van der Waals surface area contributed by atoms with E-state index >= 15 is 0 Å². The average Bonchev–Trinajstić information content (AvgIpc) is 2.19. The van der Waals surface area contributed by atoms with Crippen LogP contribution < -0.4 is 5.73 Å². The van der Waals surface area contributed by atoms with Gasteiger partial charge in [0.25, 0.3) is 0 Å². The Bertz CT molecular complexity index is 298. The van der Waals surface area contributed by atoms with Crippen molar-refractivity contribution in [2.45, 2.75) is 18.8 Å². The standard InChI is InChI=1S/C12H17NO/c13-6-3-7-14-9-11-8-10-4-1-2-5-12(10)11/h1-2,4-5,11H,3,6-9,13H2. The van der Waals surface area contributed by atoms with Gasteiger partial charge in [-0.05, 0) is 30.5 Å². The molecule has 1 atom stereocenters. The first-order valence-electron chi connectivity index (χ1n) is 5.27. The minimum Gasteiger partial charge on any atom is -0.381 e. The van der Waals surface area contributed by atoms with Crippen molar-refractivity contribution >= 4 is 0 Å². The van der Waals surface area contributed by atoms with Crippen LogP contribution >= 0.6 is 0 Å². The Morgan fingerprint density at radius 3 is 3.00 bits per heavy atom. The summed E-state index contributed by atoms with van der Waals surface area (Å²) in [5.74, 6) is 0.629. The van der Waals surface area contributed by atoms with Crippen LogP contribution in [-0.4, -0.2) is 19.8 Å². The first-order valence-corrected chi connectivity index (χ1v) is 5.27. The summed E-state index contributed by atoms with van der Waals surface area (Å²) in [5, 5.41) is 0. The van der Waals surface area contributed by atoms with E-state index in [4.69, 9.17) is 10.5 Å². The lowest BCUT2D eigenvalue weighted by molar-refractivity contribution is 0.113. The minimum absolute atomic E-state index is 0.629. The smallest absolute Gasteiger partial charge is 0.0538 e. The fraction of sp³-hybridized carbons (Fsp3) is 0.500. The lowest BCUT2D eigenvalue weighted by Crippen LogP contribution is -2.22. The number of benzene rings is 1. The molecule has 0 radical (unpaired) electrons. The Morgan fingerprint density at radius 2 is 2.21 bits per heavy atom. The van der Waals surface area contributed by atoms with Gasteiger partial charge in [0.05, 0.1) is 6.61 Å². The van der Waals surface area contributed by atoms with Gasteiger partial charge in [-0.15, -0.1) is 0 Å². The topological polar surface area (TPSA) is 35.2 Å². The highest BCUT2D eigenvalue weighted by molar-refractivity contribution is 5.39. The van der Waals surface area contributed by atoms with Gasteiger partial charge in [0.1, 0.15) is 0 Å². The van der Waals surface area contributed by atoms with Crippen LogP contribution in [0.4, 0.5) is 0 Å². The van der Waals surface area contributed by atoms with Crippen molar-refractivity contribution in [3.05, 3.63) is 35.4 Å². The monoisotopic (exact) mass is 191 g/mol. The zero-order chi connectivity index (χ0) is 9.80. The summed E-state index contributed by atoms with van der Waals surface area (Å²) in [4.78, 5) is 0. The fourth-order valence-electron chi connectivity index (χ4n) is 1.92. The SMILES string of the molecule is NCCCOCC1Cc2ccccc21. The molecular formula is C12H17NO. The number of rotatable bonds is 5. The van der Waals surface area contributed by atoms with Gasteiger partial charge in [0.2, 0.25) is 0 Å². The molecule has 0 spiro atoms. The van der Waals surface area contributed by atoms with E-state index in [-0.39, 0.29) is 0 Å². The van der Waals surface area contributed by atoms with E-state index in [9.17, 15) is 0 Å². The minimum atomic E-state index is 0.629. The second kappa shape index (κ2) is 4.58. The average molecular weight is 191 g/mol. The number of hydrogen-bond donors (Lipinski definition) is 1. The third-order valence-electron chi connectivity index (χ3n) is 2.77. The predicted octanol–water partition coefficient (Wildman–Crippen LogP) is 1.69. The fourth-order valence-corrected chi connectivity index (χ4v) is 1.92. The zero-order valence-electron chi connectivity index (χ0n) is 8.41. The normalized spacial score (nSPS) is 18.8. The molecule has 0 amide bonds. The van der Waals surface area contributed by atoms with E-state index in [0.29, 0.717) is 5.92 Å². The molecule has 0 bridgehead atoms. The molecule has 14 heavy (non-hydrogen) atoms. The molecule has 1 aromatic carbocycles. The molecule has 0 saturated heterocycles. The van der Waals surface area contributed by atoms with Crippen LogP contribution in [0, 0.1) is 0 Å². The van der Waals surface area contributed by atoms with E-state index in [0.717, 1.165) is 26.2 Å². The van der Waals surface area contributed by atoms with Crippen molar-refractivity contribution in [3.8, 4) is 0 Å². The maximum atomic E-state index is 5.55. The molecule has 2 heteroatoms. The summed E-state index contributed by atoms with van der Waals surface area (Å²) in [5.41, 5.74) is 8.35. The van der Waals surface area contributed by atoms with Crippen LogP contribution in [0.15, 0.2) is 24.3 Å². The molecule has 0 fully saturated rings. The van der Waals surface area contributed by atoms with Gasteiger partial charge in [-0.3, -0.25) is 0 Å². The lowest BCUT2D eigenvalue weighted by Gasteiger charge is -2.29. The van der Waals surface area contributed by atoms with Gasteiger partial charge in [0, 0.05) is 12.5 Å². The predicted molar refractivity (Wildman–Crippen MR) is 57.4 cm³/mol. The molecule has 0 saturated carbocycles. The molecule has 1 unspecified atom stereocenters. The van der Waals surface area contributed by atoms with Crippen LogP contribution in [0.3, 0.4) is 0 Å². The third-order valence-corrected chi connectivity index (χ3v) is 2.77. The summed E-state index contributed by atoms with van der Waals surface area (Å²) in [6, 6.07) is 8.61. The number of hydrogen-bond acceptors (Lipinski definition) is 2. The van der Waals surface area contributed by atoms with E-state index in [2.05, 4.69) is 24.3 Å². The largest absolute Gasteiger partial charge is 0.381 e. The Hall–Kier alpha value is -0.860. The molecule has 2 nitrogen and oxygen atoms in total. The quantitative estimate of drug-likeness (QED) is 0.719. The van der Waals surface area contributed by atoms with Crippen molar-refractivity contribution in [1.82, 2.24) is 0 Å². The summed E-state index contributed by atoms with van der Waals surface area (Å²) in [6.45, 7) is 2.38. The molecule has 1 aliphatic rings. The van der Waals surface area contributed by atoms with Crippen LogP contribution in [0.1, 0.15) is 23.5 Å². The van der Waals surface area contributed by atoms with E-state index in [1.54, 1.807) is 0 Å². The van der Waals surface area contributed by atoms with E-state index < -0.39 is 0 Å². The Morgan fingerprint density at radius 1 is 1.36 bits per heavy atom. The van der Waals surface area contributed by atoms with Gasteiger partial charge < -0.3 is 10.5 Å². The van der Waals surface area contributed by atoms with Gasteiger partial charge in [-0.1, -0.05) is 24.3 Å². The molecule has 2 N–H and O–H groups in total. The highest BCUT2D eigenvalue weighted by Crippen LogP contribution is 2.34. The summed E-state index contributed by atoms with van der Waals surface area (Å²) in [7, 11) is 0. The van der Waals surface area contributed by atoms with Gasteiger partial charge in [-0.25, -0.2) is 0 Å². The summed E-state index contributed by atoms with van der Waals surface area (Å²) < 4.78 is 5.55. The first-order chi connectivity index (χ1) is 6.92. The Balaban J connectivity index is 1.76. The Labute approximate surface area is 85.1 Å². The number of fused-ring (bicyclic) bond motifs is 1. The maximum Gasteiger partial charge on any atom is 0.0538 e. The van der Waals surface area contributed by atoms with E-state index in [1.165, 1.54) is 17.5 Å². The molecule has 1 aromatic rings. The molecule has 1 aliphatic carbocycles. The highest BCUT2D eigenvalue weighted by Gasteiger charge is 2.24. The molecule has 2 rings (SSSR count). The number of ether oxygens (including phenoxy) is 1. The molecular weight excluding hydrogens is 174 g/mol. The van der Waals surface area contributed by atoms with Crippen molar-refractivity contribution in [3.63, 3.8) is 0 Å². The van der Waals surface area contributed by atoms with Crippen molar-refractivity contribution in [2.24, 2.45) is 5.73 Å². The summed E-state index contributed by atoms with van der Waals surface area (Å²) in [6.07, 6.45) is 2.15. The maximum absolute atomic E-state index is 5.55. The van der Waals surface area contributed by atoms with Crippen LogP contribution in [0.2, 0.25) is 0 Å². The second-order valence-electron chi connectivity index (χ2n) is 3.82. The molecule has 76 valence electrons. The van der Waals surface area contributed by atoms with Gasteiger partial charge >= 0.3 is 0 Å². The summed E-state index contributed by atoms with van der Waals surface area (Å²) >= 11 is 0. The van der Waals surface area contributed by atoms with Crippen molar-refractivity contribution < 1.29 is 4.74 Å². The van der Waals surface area contributed by atoms with Crippen LogP contribution in [0.5, 0.6) is 0 Å². The van der Waals surface area contributed by atoms with Gasteiger partial charge in [0.15, 0.2) is 0 Å². The number of nitrogens with two attached hydrogens (primary N) is 1. The van der Waals surface area contributed by atoms with Crippen molar-refractivity contribution in [1.29, 1.82) is 0 Å². The third kappa shape index (κ3) is 1.97. The van der Waals surface area contributed by atoms with Crippen LogP contribution in [-0.2, 0) is 11.2 Å². The molecule has 0 aromatic heterocycles. The molecule has 0 heterocycles. The highest BCUT2D eigenvalue weighted by atomic mass is 16.5. The van der Waals surface area contributed by atoms with Gasteiger partial charge in [-0.2, -0.15) is 0 Å². The van der Waals surface area contributed by atoms with Crippen molar-refractivity contribution in [2.75, 3.05) is 19.8 Å². The van der Waals surface area contributed by atoms with E-state index in [1.807, 2.05) is 0 Å². The lowest BCUT2D eigenvalue weighted by atomic mass is 9.78. The Kier molecular flexibility index (Phi) is 3.17. The van der Waals surface area contributed by atoms with Crippen LogP contribution in [0.25, 0.3) is 0 Å². The molecule has 0 aliphatic heterocycles.